The van der Waals surface area contributed by atoms with Crippen LogP contribution in [0.25, 0.3) is 0 Å². The fraction of sp³-hybridized carbons (Fsp3) is 0.614. The van der Waals surface area contributed by atoms with Gasteiger partial charge in [-0.3, -0.25) is 0 Å². The molecule has 2 aliphatic rings. The zero-order valence-corrected chi connectivity index (χ0v) is 52.5. The Labute approximate surface area is 452 Å². The molecule has 0 radical (unpaired) electrons. The van der Waals surface area contributed by atoms with Crippen molar-refractivity contribution >= 4 is 57.1 Å². The first-order valence-corrected chi connectivity index (χ1v) is 37.9. The molecule has 0 N–H and O–H groups in total. The summed E-state index contributed by atoms with van der Waals surface area (Å²) < 4.78 is 68.0. The Bertz CT molecular complexity index is 2390. The van der Waals surface area contributed by atoms with Gasteiger partial charge in [-0.15, -0.1) is 0 Å². The van der Waals surface area contributed by atoms with Crippen molar-refractivity contribution in [1.82, 2.24) is 0 Å². The third kappa shape index (κ3) is 15.3. The van der Waals surface area contributed by atoms with Crippen LogP contribution in [0.5, 0.6) is 0 Å². The highest BCUT2D eigenvalue weighted by Gasteiger charge is 2.59. The lowest BCUT2D eigenvalue weighted by Gasteiger charge is -2.46. The number of hydrogen-bond donors (Lipinski definition) is 0. The lowest BCUT2D eigenvalue weighted by molar-refractivity contribution is -0.197. The molecule has 0 spiro atoms. The fourth-order valence-electron chi connectivity index (χ4n) is 7.43. The maximum absolute atomic E-state index is 14.2. The van der Waals surface area contributed by atoms with Crippen LogP contribution in [0.2, 0.25) is 72.5 Å². The van der Waals surface area contributed by atoms with E-state index in [0.717, 1.165) is 0 Å². The van der Waals surface area contributed by atoms with Crippen molar-refractivity contribution in [3.63, 3.8) is 0 Å². The molecule has 2 fully saturated rings. The normalized spacial score (nSPS) is 23.0. The molecular formula is C57H88O14Si4. The minimum atomic E-state index is -2.71. The maximum atomic E-state index is 14.2. The van der Waals surface area contributed by atoms with Crippen LogP contribution in [0.4, 0.5) is 0 Å². The Morgan fingerprint density at radius 2 is 0.907 bits per heavy atom. The Morgan fingerprint density at radius 3 is 1.35 bits per heavy atom. The molecule has 3 aromatic carbocycles. The van der Waals surface area contributed by atoms with Crippen LogP contribution in [0.1, 0.15) is 114 Å². The first-order valence-electron chi connectivity index (χ1n) is 26.3. The Kier molecular flexibility index (Phi) is 19.5. The predicted molar refractivity (Wildman–Crippen MR) is 301 cm³/mol. The summed E-state index contributed by atoms with van der Waals surface area (Å²) in [6, 6.07) is 24.6. The van der Waals surface area contributed by atoms with E-state index in [4.69, 9.17) is 46.1 Å². The summed E-state index contributed by atoms with van der Waals surface area (Å²) in [5.41, 5.74) is 0.509. The third-order valence-corrected chi connectivity index (χ3v) is 34.3. The highest BCUT2D eigenvalue weighted by atomic mass is 28.4. The topological polar surface area (TPSA) is 161 Å². The van der Waals surface area contributed by atoms with E-state index < -0.39 is 119 Å². The van der Waals surface area contributed by atoms with E-state index in [1.165, 1.54) is 12.1 Å². The van der Waals surface area contributed by atoms with Crippen molar-refractivity contribution in [3.05, 3.63) is 108 Å². The number of hydrogen-bond acceptors (Lipinski definition) is 14. The van der Waals surface area contributed by atoms with Gasteiger partial charge in [0, 0.05) is 0 Å². The van der Waals surface area contributed by atoms with Crippen molar-refractivity contribution in [3.8, 4) is 0 Å². The molecule has 2 saturated heterocycles. The molecule has 0 unspecified atom stereocenters. The molecule has 2 aliphatic heterocycles. The second kappa shape index (κ2) is 23.6. The molecule has 416 valence electrons. The van der Waals surface area contributed by atoms with Crippen molar-refractivity contribution in [2.45, 2.75) is 211 Å². The molecule has 5 rings (SSSR count). The molecule has 0 aromatic heterocycles. The van der Waals surface area contributed by atoms with E-state index >= 15 is 0 Å². The average molecular weight is 1110 g/mol. The van der Waals surface area contributed by atoms with E-state index in [1.807, 2.05) is 0 Å². The molecule has 0 saturated carbocycles. The second-order valence-corrected chi connectivity index (χ2v) is 45.2. The Morgan fingerprint density at radius 1 is 0.493 bits per heavy atom. The van der Waals surface area contributed by atoms with Gasteiger partial charge in [0.2, 0.25) is 6.10 Å². The number of carbonyl (C=O) groups is 4. The van der Waals surface area contributed by atoms with E-state index in [2.05, 4.69) is 135 Å². The van der Waals surface area contributed by atoms with E-state index in [0.29, 0.717) is 0 Å². The van der Waals surface area contributed by atoms with E-state index in [-0.39, 0.29) is 43.5 Å². The summed E-state index contributed by atoms with van der Waals surface area (Å²) in [4.78, 5) is 56.0. The minimum Gasteiger partial charge on any atom is -0.452 e. The van der Waals surface area contributed by atoms with Crippen LogP contribution in [-0.4, -0.2) is 125 Å². The van der Waals surface area contributed by atoms with Gasteiger partial charge in [0.1, 0.15) is 18.3 Å². The third-order valence-electron chi connectivity index (χ3n) is 16.4. The molecule has 0 aliphatic carbocycles. The summed E-state index contributed by atoms with van der Waals surface area (Å²) in [5, 5.41) is -0.801. The lowest BCUT2D eigenvalue weighted by atomic mass is 10.0. The first kappa shape index (κ1) is 62.0. The summed E-state index contributed by atoms with van der Waals surface area (Å²) in [6.07, 6.45) is -10.6. The van der Waals surface area contributed by atoms with Crippen LogP contribution in [0, 0.1) is 0 Å². The van der Waals surface area contributed by atoms with Gasteiger partial charge >= 0.3 is 23.9 Å². The number of benzene rings is 3. The maximum Gasteiger partial charge on any atom is 0.352 e. The highest BCUT2D eigenvalue weighted by Crippen LogP contribution is 2.47. The Hall–Kier alpha value is -3.83. The number of cyclic esters (lactones) is 1. The van der Waals surface area contributed by atoms with Crippen LogP contribution in [-0.2, 0) is 50.9 Å². The minimum absolute atomic E-state index is 0.107. The van der Waals surface area contributed by atoms with Crippen LogP contribution in [0.3, 0.4) is 0 Å². The van der Waals surface area contributed by atoms with Crippen LogP contribution in [0.15, 0.2) is 91.0 Å². The van der Waals surface area contributed by atoms with E-state index in [9.17, 15) is 19.2 Å². The van der Waals surface area contributed by atoms with Crippen LogP contribution < -0.4 is 0 Å². The number of ether oxygens (including phenoxy) is 6. The Balaban J connectivity index is 1.67. The summed E-state index contributed by atoms with van der Waals surface area (Å²) >= 11 is 0. The monoisotopic (exact) mass is 1110 g/mol. The van der Waals surface area contributed by atoms with Gasteiger partial charge in [-0.2, -0.15) is 0 Å². The van der Waals surface area contributed by atoms with Crippen molar-refractivity contribution in [1.29, 1.82) is 0 Å². The molecular weight excluding hydrogens is 1020 g/mol. The largest absolute Gasteiger partial charge is 0.452 e. The summed E-state index contributed by atoms with van der Waals surface area (Å²) in [5.74, 6) is -3.48. The molecule has 2 heterocycles. The molecule has 18 heteroatoms. The standard InChI is InChI=1S/C57H88O14Si4/c1-54(2,3)72(13,14)63-37-42(69-73(15,16)55(4,5)6)44-46(70-74(17,18)56(7,8)9)48(71-75(19,20)57(10,11)12)53(68-44)62-36-41(64-49(58)38-30-24-21-25-31-38)43-45(66-50(59)39-32-26-22-27-33-39)47(52(61)65-43)67-51(60)40-34-28-23-29-35-40/h21-35,41-48,53H,36-37H2,1-20H3/t41-,42-,43+,44+,45+,46+,47-,48-,53-/m1/s1. The quantitative estimate of drug-likeness (QED) is 0.0597. The van der Waals surface area contributed by atoms with Crippen molar-refractivity contribution in [2.75, 3.05) is 13.2 Å². The second-order valence-electron chi connectivity index (χ2n) is 26.1. The van der Waals surface area contributed by atoms with Gasteiger partial charge in [-0.05, 0) is 109 Å². The highest BCUT2D eigenvalue weighted by molar-refractivity contribution is 6.75. The molecule has 0 bridgehead atoms. The zero-order valence-electron chi connectivity index (χ0n) is 48.5. The smallest absolute Gasteiger partial charge is 0.352 e. The zero-order chi connectivity index (χ0) is 56.3. The van der Waals surface area contributed by atoms with Crippen molar-refractivity contribution < 1.29 is 65.3 Å². The molecule has 9 atom stereocenters. The molecule has 14 nitrogen and oxygen atoms in total. The number of rotatable bonds is 20. The van der Waals surface area contributed by atoms with Crippen molar-refractivity contribution in [2.24, 2.45) is 0 Å². The molecule has 3 aromatic rings. The van der Waals surface area contributed by atoms with Gasteiger partial charge < -0.3 is 46.1 Å². The van der Waals surface area contributed by atoms with Crippen LogP contribution >= 0.6 is 0 Å². The SMILES string of the molecule is CC(C)(C)[Si](C)(C)OC[C@@H](O[Si](C)(C)C(C)(C)C)[C@@H]1O[C@@H](OC[C@@H](OC(=O)c2ccccc2)[C@@H]2OC(=O)[C@H](OC(=O)c3ccccc3)[C@H]2OC(=O)c2ccccc2)[C@H](O[Si](C)(C)C(C)(C)C)[C@H]1O[Si](C)(C)C(C)(C)C. The van der Waals surface area contributed by atoms with Gasteiger partial charge in [0.15, 0.2) is 57.9 Å². The summed E-state index contributed by atoms with van der Waals surface area (Å²) in [7, 11) is -10.3. The van der Waals surface area contributed by atoms with E-state index in [1.54, 1.807) is 78.9 Å². The number of esters is 4. The number of carbonyl (C=O) groups excluding carboxylic acids is 4. The van der Waals surface area contributed by atoms with Gasteiger partial charge in [-0.25, -0.2) is 19.2 Å². The molecule has 0 amide bonds. The molecule has 75 heavy (non-hydrogen) atoms. The van der Waals surface area contributed by atoms with Gasteiger partial charge in [-0.1, -0.05) is 138 Å². The predicted octanol–water partition coefficient (Wildman–Crippen LogP) is 12.5. The lowest BCUT2D eigenvalue weighted by Crippen LogP contribution is -2.58. The average Bonchev–Trinajstić information content (AvgIpc) is 3.79. The van der Waals surface area contributed by atoms with Gasteiger partial charge in [0.25, 0.3) is 0 Å². The van der Waals surface area contributed by atoms with Gasteiger partial charge in [0.05, 0.1) is 36.0 Å². The summed E-state index contributed by atoms with van der Waals surface area (Å²) in [6.45, 7) is 43.6. The first-order chi connectivity index (χ1) is 34.4. The fourth-order valence-corrected chi connectivity index (χ4v) is 12.3.